The molecular formula is C16H26N4O2. The third-order valence-electron chi connectivity index (χ3n) is 4.56. The molecule has 2 saturated heterocycles. The van der Waals surface area contributed by atoms with Gasteiger partial charge in [0.2, 0.25) is 0 Å². The zero-order chi connectivity index (χ0) is 15.9. The Morgan fingerprint density at radius 1 is 1.23 bits per heavy atom. The number of carbonyl (C=O) groups excluding carboxylic acids is 1. The second kappa shape index (κ2) is 8.16. The number of piperazine rings is 1. The number of hydrogen-bond donors (Lipinski definition) is 1. The van der Waals surface area contributed by atoms with Crippen molar-refractivity contribution in [1.82, 2.24) is 14.7 Å². The molecule has 1 N–H and O–H groups in total. The fourth-order valence-electron chi connectivity index (χ4n) is 2.95. The van der Waals surface area contributed by atoms with Gasteiger partial charge in [-0.25, -0.2) is 0 Å². The number of amides is 1. The predicted molar refractivity (Wildman–Crippen MR) is 83.8 cm³/mol. The van der Waals surface area contributed by atoms with Gasteiger partial charge in [0.15, 0.2) is 0 Å². The van der Waals surface area contributed by atoms with Gasteiger partial charge < -0.3 is 14.9 Å². The molecule has 6 nitrogen and oxygen atoms in total. The standard InChI is InChI=1S/C16H26N4O2/c1-14-2-4-20(5-3-14)16(22)15(12-17)13-19-8-6-18(7-9-19)10-11-21/h13-14,21H,2-11H2,1H3/b15-13-. The number of hydrogen-bond acceptors (Lipinski definition) is 5. The van der Waals surface area contributed by atoms with Crippen molar-refractivity contribution in [3.63, 3.8) is 0 Å². The average Bonchev–Trinajstić information content (AvgIpc) is 2.54. The van der Waals surface area contributed by atoms with Gasteiger partial charge in [-0.1, -0.05) is 6.92 Å². The van der Waals surface area contributed by atoms with Crippen LogP contribution in [-0.4, -0.2) is 78.1 Å². The van der Waals surface area contributed by atoms with Crippen LogP contribution in [-0.2, 0) is 4.79 Å². The Hall–Kier alpha value is -1.58. The molecule has 2 rings (SSSR count). The van der Waals surface area contributed by atoms with E-state index < -0.39 is 0 Å². The third-order valence-corrected chi connectivity index (χ3v) is 4.56. The molecular weight excluding hydrogens is 280 g/mol. The Morgan fingerprint density at radius 2 is 1.86 bits per heavy atom. The van der Waals surface area contributed by atoms with Crippen LogP contribution in [0, 0.1) is 17.2 Å². The minimum atomic E-state index is -0.132. The normalized spacial score (nSPS) is 21.8. The second-order valence-corrected chi connectivity index (χ2v) is 6.23. The van der Waals surface area contributed by atoms with Gasteiger partial charge in [-0.2, -0.15) is 5.26 Å². The summed E-state index contributed by atoms with van der Waals surface area (Å²) in [5.41, 5.74) is 0.241. The van der Waals surface area contributed by atoms with Gasteiger partial charge in [-0.05, 0) is 18.8 Å². The Labute approximate surface area is 132 Å². The Morgan fingerprint density at radius 3 is 2.41 bits per heavy atom. The van der Waals surface area contributed by atoms with Crippen molar-refractivity contribution >= 4 is 5.91 Å². The van der Waals surface area contributed by atoms with Crippen molar-refractivity contribution < 1.29 is 9.90 Å². The van der Waals surface area contributed by atoms with E-state index in [4.69, 9.17) is 5.11 Å². The van der Waals surface area contributed by atoms with Gasteiger partial charge in [-0.15, -0.1) is 0 Å². The van der Waals surface area contributed by atoms with E-state index in [2.05, 4.69) is 17.9 Å². The molecule has 0 saturated carbocycles. The van der Waals surface area contributed by atoms with Gasteiger partial charge in [0.1, 0.15) is 11.6 Å². The van der Waals surface area contributed by atoms with E-state index in [0.717, 1.165) is 52.1 Å². The first-order valence-electron chi connectivity index (χ1n) is 8.12. The van der Waals surface area contributed by atoms with Gasteiger partial charge in [0.05, 0.1) is 6.61 Å². The molecule has 0 spiro atoms. The molecule has 2 fully saturated rings. The van der Waals surface area contributed by atoms with E-state index in [9.17, 15) is 10.1 Å². The molecule has 122 valence electrons. The van der Waals surface area contributed by atoms with Crippen LogP contribution in [0.1, 0.15) is 19.8 Å². The van der Waals surface area contributed by atoms with Crippen molar-refractivity contribution in [2.45, 2.75) is 19.8 Å². The number of nitriles is 1. The summed E-state index contributed by atoms with van der Waals surface area (Å²) in [6.07, 6.45) is 3.76. The first-order valence-corrected chi connectivity index (χ1v) is 8.12. The van der Waals surface area contributed by atoms with Crippen LogP contribution in [0.3, 0.4) is 0 Å². The molecule has 0 aliphatic carbocycles. The maximum absolute atomic E-state index is 12.4. The van der Waals surface area contributed by atoms with Crippen LogP contribution in [0.15, 0.2) is 11.8 Å². The summed E-state index contributed by atoms with van der Waals surface area (Å²) in [6.45, 7) is 7.85. The van der Waals surface area contributed by atoms with Crippen molar-refractivity contribution in [1.29, 1.82) is 5.26 Å². The van der Waals surface area contributed by atoms with Crippen molar-refractivity contribution in [3.05, 3.63) is 11.8 Å². The number of β-amino-alcohol motifs (C(OH)–C–C–N with tert-alkyl or cyclic N) is 1. The SMILES string of the molecule is CC1CCN(C(=O)/C(C#N)=C\N2CCN(CCO)CC2)CC1. The molecule has 0 aromatic heterocycles. The molecule has 0 radical (unpaired) electrons. The maximum atomic E-state index is 12.4. The van der Waals surface area contributed by atoms with Crippen LogP contribution in [0.2, 0.25) is 0 Å². The Balaban J connectivity index is 1.91. The van der Waals surface area contributed by atoms with Gasteiger partial charge in [0.25, 0.3) is 5.91 Å². The smallest absolute Gasteiger partial charge is 0.266 e. The fourth-order valence-corrected chi connectivity index (χ4v) is 2.95. The van der Waals surface area contributed by atoms with Crippen LogP contribution >= 0.6 is 0 Å². The molecule has 2 aliphatic heterocycles. The van der Waals surface area contributed by atoms with E-state index in [1.165, 1.54) is 0 Å². The highest BCUT2D eigenvalue weighted by Crippen LogP contribution is 2.18. The number of aliphatic hydroxyl groups excluding tert-OH is 1. The minimum Gasteiger partial charge on any atom is -0.395 e. The lowest BCUT2D eigenvalue weighted by molar-refractivity contribution is -0.128. The summed E-state index contributed by atoms with van der Waals surface area (Å²) in [4.78, 5) is 18.5. The van der Waals surface area contributed by atoms with E-state index >= 15 is 0 Å². The summed E-state index contributed by atoms with van der Waals surface area (Å²) >= 11 is 0. The largest absolute Gasteiger partial charge is 0.395 e. The van der Waals surface area contributed by atoms with Crippen LogP contribution in [0.4, 0.5) is 0 Å². The molecule has 2 aliphatic rings. The number of piperidine rings is 1. The number of likely N-dealkylation sites (tertiary alicyclic amines) is 1. The third kappa shape index (κ3) is 4.46. The quantitative estimate of drug-likeness (QED) is 0.596. The van der Waals surface area contributed by atoms with Crippen LogP contribution in [0.5, 0.6) is 0 Å². The fraction of sp³-hybridized carbons (Fsp3) is 0.750. The first kappa shape index (κ1) is 16.8. The van der Waals surface area contributed by atoms with Crippen LogP contribution < -0.4 is 0 Å². The lowest BCUT2D eigenvalue weighted by Crippen LogP contribution is -2.45. The topological polar surface area (TPSA) is 70.8 Å². The maximum Gasteiger partial charge on any atom is 0.266 e. The zero-order valence-electron chi connectivity index (χ0n) is 13.4. The van der Waals surface area contributed by atoms with Gasteiger partial charge in [0, 0.05) is 52.0 Å². The molecule has 1 amide bonds. The lowest BCUT2D eigenvalue weighted by Gasteiger charge is -2.34. The highest BCUT2D eigenvalue weighted by molar-refractivity contribution is 5.97. The Kier molecular flexibility index (Phi) is 6.22. The summed E-state index contributed by atoms with van der Waals surface area (Å²) in [5, 5.41) is 18.3. The van der Waals surface area contributed by atoms with E-state index in [-0.39, 0.29) is 18.1 Å². The molecule has 0 aromatic rings. The van der Waals surface area contributed by atoms with E-state index in [1.807, 2.05) is 4.90 Å². The first-order chi connectivity index (χ1) is 10.6. The Bertz CT molecular complexity index is 442. The van der Waals surface area contributed by atoms with Crippen molar-refractivity contribution in [3.8, 4) is 6.07 Å². The monoisotopic (exact) mass is 306 g/mol. The highest BCUT2D eigenvalue weighted by atomic mass is 16.3. The average molecular weight is 306 g/mol. The minimum absolute atomic E-state index is 0.132. The van der Waals surface area contributed by atoms with Crippen molar-refractivity contribution in [2.24, 2.45) is 5.92 Å². The van der Waals surface area contributed by atoms with Crippen LogP contribution in [0.25, 0.3) is 0 Å². The van der Waals surface area contributed by atoms with E-state index in [0.29, 0.717) is 12.5 Å². The highest BCUT2D eigenvalue weighted by Gasteiger charge is 2.24. The number of nitrogens with zero attached hydrogens (tertiary/aromatic N) is 4. The number of aliphatic hydroxyl groups is 1. The van der Waals surface area contributed by atoms with Gasteiger partial charge in [-0.3, -0.25) is 9.69 Å². The summed E-state index contributed by atoms with van der Waals surface area (Å²) in [6, 6.07) is 2.07. The second-order valence-electron chi connectivity index (χ2n) is 6.23. The molecule has 22 heavy (non-hydrogen) atoms. The van der Waals surface area contributed by atoms with E-state index in [1.54, 1.807) is 11.1 Å². The number of carbonyl (C=O) groups is 1. The predicted octanol–water partition coefficient (Wildman–Crippen LogP) is 0.262. The summed E-state index contributed by atoms with van der Waals surface area (Å²) < 4.78 is 0. The van der Waals surface area contributed by atoms with Crippen molar-refractivity contribution in [2.75, 3.05) is 52.4 Å². The molecule has 0 aromatic carbocycles. The van der Waals surface area contributed by atoms with Gasteiger partial charge >= 0.3 is 0 Å². The summed E-state index contributed by atoms with van der Waals surface area (Å²) in [7, 11) is 0. The summed E-state index contributed by atoms with van der Waals surface area (Å²) in [5.74, 6) is 0.533. The molecule has 6 heteroatoms. The molecule has 0 atom stereocenters. The molecule has 2 heterocycles. The number of rotatable bonds is 4. The lowest BCUT2D eigenvalue weighted by atomic mass is 9.99. The zero-order valence-corrected chi connectivity index (χ0v) is 13.4. The molecule has 0 unspecified atom stereocenters. The molecule has 0 bridgehead atoms.